The highest BCUT2D eigenvalue weighted by Gasteiger charge is 2.14. The molecule has 0 amide bonds. The molecule has 1 aromatic carbocycles. The Morgan fingerprint density at radius 1 is 1.20 bits per heavy atom. The zero-order valence-electron chi connectivity index (χ0n) is 11.2. The van der Waals surface area contributed by atoms with Crippen LogP contribution in [0.1, 0.15) is 15.9 Å². The largest absolute Gasteiger partial charge is 0.494 e. The molecule has 0 aliphatic carbocycles. The molecule has 104 valence electrons. The van der Waals surface area contributed by atoms with E-state index in [1.54, 1.807) is 12.1 Å². The first-order chi connectivity index (χ1) is 9.65. The summed E-state index contributed by atoms with van der Waals surface area (Å²) >= 11 is 0. The van der Waals surface area contributed by atoms with Crippen LogP contribution in [0.4, 0.5) is 4.39 Å². The number of carbonyl (C=O) groups is 1. The van der Waals surface area contributed by atoms with Crippen molar-refractivity contribution in [2.24, 2.45) is 0 Å². The number of hydrogen-bond acceptors (Lipinski definition) is 4. The summed E-state index contributed by atoms with van der Waals surface area (Å²) in [5, 5.41) is 0. The van der Waals surface area contributed by atoms with Crippen molar-refractivity contribution in [2.45, 2.75) is 6.42 Å². The van der Waals surface area contributed by atoms with Crippen molar-refractivity contribution >= 4 is 5.78 Å². The lowest BCUT2D eigenvalue weighted by Crippen LogP contribution is -2.06. The lowest BCUT2D eigenvalue weighted by atomic mass is 10.0. The SMILES string of the molecule is COc1ccc(CC(=O)c2ccncc2OC)cc1F. The molecule has 1 aromatic heterocycles. The quantitative estimate of drug-likeness (QED) is 0.787. The summed E-state index contributed by atoms with van der Waals surface area (Å²) in [6.45, 7) is 0. The molecule has 0 atom stereocenters. The Labute approximate surface area is 116 Å². The lowest BCUT2D eigenvalue weighted by Gasteiger charge is -2.07. The van der Waals surface area contributed by atoms with E-state index in [4.69, 9.17) is 9.47 Å². The van der Waals surface area contributed by atoms with Gasteiger partial charge < -0.3 is 9.47 Å². The average molecular weight is 275 g/mol. The summed E-state index contributed by atoms with van der Waals surface area (Å²) in [6.07, 6.45) is 3.08. The van der Waals surface area contributed by atoms with E-state index in [1.165, 1.54) is 38.7 Å². The fourth-order valence-corrected chi connectivity index (χ4v) is 1.87. The van der Waals surface area contributed by atoms with E-state index in [2.05, 4.69) is 4.98 Å². The first-order valence-corrected chi connectivity index (χ1v) is 5.99. The van der Waals surface area contributed by atoms with Gasteiger partial charge in [0.2, 0.25) is 0 Å². The lowest BCUT2D eigenvalue weighted by molar-refractivity contribution is 0.0990. The molecule has 0 N–H and O–H groups in total. The fourth-order valence-electron chi connectivity index (χ4n) is 1.87. The summed E-state index contributed by atoms with van der Waals surface area (Å²) in [4.78, 5) is 16.1. The van der Waals surface area contributed by atoms with Gasteiger partial charge in [0.1, 0.15) is 5.75 Å². The van der Waals surface area contributed by atoms with Crippen LogP contribution in [-0.2, 0) is 6.42 Å². The maximum absolute atomic E-state index is 13.6. The molecule has 20 heavy (non-hydrogen) atoms. The second-order valence-electron chi connectivity index (χ2n) is 4.14. The number of hydrogen-bond donors (Lipinski definition) is 0. The minimum atomic E-state index is -0.487. The Morgan fingerprint density at radius 3 is 2.60 bits per heavy atom. The van der Waals surface area contributed by atoms with E-state index in [9.17, 15) is 9.18 Å². The molecular formula is C15H14FNO3. The summed E-state index contributed by atoms with van der Waals surface area (Å²) in [6, 6.07) is 6.04. The third-order valence-electron chi connectivity index (χ3n) is 2.89. The second-order valence-corrected chi connectivity index (χ2v) is 4.14. The highest BCUT2D eigenvalue weighted by molar-refractivity contribution is 5.99. The minimum absolute atomic E-state index is 0.0846. The van der Waals surface area contributed by atoms with Gasteiger partial charge in [-0.25, -0.2) is 4.39 Å². The number of methoxy groups -OCH3 is 2. The third-order valence-corrected chi connectivity index (χ3v) is 2.89. The van der Waals surface area contributed by atoms with Gasteiger partial charge in [-0.1, -0.05) is 6.07 Å². The van der Waals surface area contributed by atoms with E-state index in [0.29, 0.717) is 16.9 Å². The molecule has 0 aliphatic rings. The van der Waals surface area contributed by atoms with Gasteiger partial charge in [-0.05, 0) is 23.8 Å². The Balaban J connectivity index is 2.21. The first-order valence-electron chi connectivity index (χ1n) is 5.99. The second kappa shape index (κ2) is 6.14. The molecule has 0 unspecified atom stereocenters. The number of benzene rings is 1. The number of carbonyl (C=O) groups excluding carboxylic acids is 1. The topological polar surface area (TPSA) is 48.4 Å². The van der Waals surface area contributed by atoms with Crippen LogP contribution in [0.25, 0.3) is 0 Å². The van der Waals surface area contributed by atoms with E-state index in [1.807, 2.05) is 0 Å². The number of ether oxygens (including phenoxy) is 2. The van der Waals surface area contributed by atoms with Crippen molar-refractivity contribution in [3.05, 3.63) is 53.6 Å². The van der Waals surface area contributed by atoms with E-state index in [-0.39, 0.29) is 18.0 Å². The molecule has 0 fully saturated rings. The Kier molecular flexibility index (Phi) is 4.30. The Bertz CT molecular complexity index is 628. The molecular weight excluding hydrogens is 261 g/mol. The number of ketones is 1. The summed E-state index contributed by atoms with van der Waals surface area (Å²) < 4.78 is 23.5. The van der Waals surface area contributed by atoms with Crippen LogP contribution < -0.4 is 9.47 Å². The molecule has 0 saturated carbocycles. The van der Waals surface area contributed by atoms with Gasteiger partial charge in [0.25, 0.3) is 0 Å². The number of halogens is 1. The normalized spacial score (nSPS) is 10.2. The van der Waals surface area contributed by atoms with Crippen LogP contribution in [0.3, 0.4) is 0 Å². The van der Waals surface area contributed by atoms with Gasteiger partial charge in [0.15, 0.2) is 17.3 Å². The Hall–Kier alpha value is -2.43. The van der Waals surface area contributed by atoms with E-state index < -0.39 is 5.82 Å². The maximum Gasteiger partial charge on any atom is 0.171 e. The monoisotopic (exact) mass is 275 g/mol. The minimum Gasteiger partial charge on any atom is -0.494 e. The third kappa shape index (κ3) is 2.93. The van der Waals surface area contributed by atoms with Crippen molar-refractivity contribution in [1.29, 1.82) is 0 Å². The van der Waals surface area contributed by atoms with E-state index >= 15 is 0 Å². The zero-order valence-corrected chi connectivity index (χ0v) is 11.2. The van der Waals surface area contributed by atoms with Crippen molar-refractivity contribution in [2.75, 3.05) is 14.2 Å². The highest BCUT2D eigenvalue weighted by atomic mass is 19.1. The predicted octanol–water partition coefficient (Wildman–Crippen LogP) is 2.66. The van der Waals surface area contributed by atoms with Crippen LogP contribution in [0.2, 0.25) is 0 Å². The van der Waals surface area contributed by atoms with Crippen LogP contribution in [0.5, 0.6) is 11.5 Å². The standard InChI is InChI=1S/C15H14FNO3/c1-19-14-4-3-10(7-12(14)16)8-13(18)11-5-6-17-9-15(11)20-2/h3-7,9H,8H2,1-2H3. The predicted molar refractivity (Wildman–Crippen MR) is 71.8 cm³/mol. The first kappa shape index (κ1) is 14.0. The molecule has 0 aliphatic heterocycles. The molecule has 0 saturated heterocycles. The van der Waals surface area contributed by atoms with Crippen LogP contribution in [0.15, 0.2) is 36.7 Å². The molecule has 2 aromatic rings. The average Bonchev–Trinajstić information content (AvgIpc) is 2.47. The van der Waals surface area contributed by atoms with Crippen LogP contribution in [-0.4, -0.2) is 25.0 Å². The van der Waals surface area contributed by atoms with Crippen molar-refractivity contribution < 1.29 is 18.7 Å². The Morgan fingerprint density at radius 2 is 1.95 bits per heavy atom. The van der Waals surface area contributed by atoms with E-state index in [0.717, 1.165) is 0 Å². The number of nitrogens with zero attached hydrogens (tertiary/aromatic N) is 1. The number of aromatic nitrogens is 1. The van der Waals surface area contributed by atoms with Gasteiger partial charge >= 0.3 is 0 Å². The van der Waals surface area contributed by atoms with Crippen LogP contribution >= 0.6 is 0 Å². The number of Topliss-reactive ketones (excluding diaryl/α,β-unsaturated/α-hetero) is 1. The van der Waals surface area contributed by atoms with Gasteiger partial charge in [-0.2, -0.15) is 0 Å². The molecule has 0 bridgehead atoms. The highest BCUT2D eigenvalue weighted by Crippen LogP contribution is 2.21. The summed E-state index contributed by atoms with van der Waals surface area (Å²) in [5.41, 5.74) is 1.01. The molecule has 4 nitrogen and oxygen atoms in total. The number of rotatable bonds is 5. The van der Waals surface area contributed by atoms with Crippen molar-refractivity contribution in [3.63, 3.8) is 0 Å². The molecule has 2 rings (SSSR count). The summed E-state index contributed by atoms with van der Waals surface area (Å²) in [5.74, 6) is -0.0810. The smallest absolute Gasteiger partial charge is 0.171 e. The van der Waals surface area contributed by atoms with Crippen molar-refractivity contribution in [3.8, 4) is 11.5 Å². The number of pyridine rings is 1. The molecule has 0 radical (unpaired) electrons. The molecule has 1 heterocycles. The fraction of sp³-hybridized carbons (Fsp3) is 0.200. The van der Waals surface area contributed by atoms with Gasteiger partial charge in [0, 0.05) is 12.6 Å². The maximum atomic E-state index is 13.6. The van der Waals surface area contributed by atoms with Crippen molar-refractivity contribution in [1.82, 2.24) is 4.98 Å². The van der Waals surface area contributed by atoms with Gasteiger partial charge in [-0.15, -0.1) is 0 Å². The van der Waals surface area contributed by atoms with Gasteiger partial charge in [0.05, 0.1) is 26.0 Å². The van der Waals surface area contributed by atoms with Crippen LogP contribution in [0, 0.1) is 5.82 Å². The van der Waals surface area contributed by atoms with Gasteiger partial charge in [-0.3, -0.25) is 9.78 Å². The molecule has 0 spiro atoms. The zero-order chi connectivity index (χ0) is 14.5. The molecule has 5 heteroatoms. The summed E-state index contributed by atoms with van der Waals surface area (Å²) in [7, 11) is 2.87.